The molecule has 5 aliphatic rings. The van der Waals surface area contributed by atoms with E-state index in [1.165, 1.54) is 124 Å². The van der Waals surface area contributed by atoms with Crippen molar-refractivity contribution in [1.29, 1.82) is 0 Å². The van der Waals surface area contributed by atoms with Crippen LogP contribution in [0.4, 0.5) is 45.5 Å². The molecule has 4 heteroatoms. The normalized spacial score (nSPS) is 21.9. The predicted octanol–water partition coefficient (Wildman–Crippen LogP) is 20.3. The van der Waals surface area contributed by atoms with Crippen molar-refractivity contribution in [2.24, 2.45) is 10.8 Å². The van der Waals surface area contributed by atoms with Crippen molar-refractivity contribution in [3.8, 4) is 11.1 Å². The van der Waals surface area contributed by atoms with Gasteiger partial charge in [-0.05, 0) is 204 Å². The summed E-state index contributed by atoms with van der Waals surface area (Å²) in [4.78, 5) is 8.33. The SMILES string of the molecule is Cc1cc(C(C)(C)C)ccc1N1c2cc(N3c4ccc(C(C)(C)C)cc4C4(C)C(C)(C)CCC(C)(C)C34C)ccc2B2c3cc4c(cc3N(c3ccc(C(C)(C)C)cc3-c3ccccc3)c3cc(C(C)(C)C)cc1c32)C(C)(C)CCC4(C)C. The van der Waals surface area contributed by atoms with Crippen LogP contribution in [0.15, 0.2) is 127 Å². The molecule has 2 unspecified atom stereocenters. The molecule has 2 aliphatic carbocycles. The van der Waals surface area contributed by atoms with Gasteiger partial charge in [-0.2, -0.15) is 0 Å². The van der Waals surface area contributed by atoms with Crippen LogP contribution in [-0.4, -0.2) is 12.3 Å². The molecule has 7 aromatic carbocycles. The van der Waals surface area contributed by atoms with Crippen LogP contribution in [0, 0.1) is 17.8 Å². The van der Waals surface area contributed by atoms with Gasteiger partial charge in [-0.15, -0.1) is 0 Å². The smallest absolute Gasteiger partial charge is 0.252 e. The average Bonchev–Trinajstić information content (AvgIpc) is 1.59. The quantitative estimate of drug-likeness (QED) is 0.163. The van der Waals surface area contributed by atoms with Crippen LogP contribution < -0.4 is 31.1 Å². The molecule has 12 rings (SSSR count). The first-order valence-corrected chi connectivity index (χ1v) is 31.7. The van der Waals surface area contributed by atoms with E-state index in [0.29, 0.717) is 0 Å². The third kappa shape index (κ3) is 8.37. The van der Waals surface area contributed by atoms with Crippen molar-refractivity contribution in [1.82, 2.24) is 0 Å². The maximum atomic E-state index is 2.86. The maximum Gasteiger partial charge on any atom is 0.252 e. The van der Waals surface area contributed by atoms with Gasteiger partial charge in [0.25, 0.3) is 6.71 Å². The van der Waals surface area contributed by atoms with Crippen LogP contribution in [0.3, 0.4) is 0 Å². The molecule has 0 amide bonds. The summed E-state index contributed by atoms with van der Waals surface area (Å²) in [6.07, 6.45) is 4.64. The van der Waals surface area contributed by atoms with E-state index in [4.69, 9.17) is 0 Å². The lowest BCUT2D eigenvalue weighted by Crippen LogP contribution is -2.69. The first kappa shape index (κ1) is 57.4. The summed E-state index contributed by atoms with van der Waals surface area (Å²) in [7, 11) is 0. The Morgan fingerprint density at radius 3 is 1.45 bits per heavy atom. The standard InChI is InChI=1S/C79H98BN3/c1-49-41-51(70(2,3)4)29-34-62(49)81-65-46-55(83-64-36-31-53(72(8,9)10)43-59(64)78(22)76(18,19)39-40-77(20,21)79(78,83)23)32-33-60(65)80-61-47-57-58(75(16,17)38-37-74(57,14)15)48-66(61)82(68-45-54(73(11,12)13)44-67(81)69(68)80)63-35-30-52(71(5,6)7)42-56(63)50-27-25-24-26-28-50/h24-36,41-48H,37-40H2,1-23H3. The molecule has 7 aromatic rings. The van der Waals surface area contributed by atoms with Crippen molar-refractivity contribution in [2.45, 2.75) is 228 Å². The zero-order chi connectivity index (χ0) is 60.1. The first-order valence-electron chi connectivity index (χ1n) is 31.7. The van der Waals surface area contributed by atoms with E-state index in [1.807, 2.05) is 0 Å². The summed E-state index contributed by atoms with van der Waals surface area (Å²) >= 11 is 0. The third-order valence-corrected chi connectivity index (χ3v) is 22.8. The summed E-state index contributed by atoms with van der Waals surface area (Å²) in [5.74, 6) is 0. The van der Waals surface area contributed by atoms with Gasteiger partial charge in [-0.3, -0.25) is 0 Å². The highest BCUT2D eigenvalue weighted by Crippen LogP contribution is 2.72. The molecule has 0 saturated heterocycles. The third-order valence-electron chi connectivity index (χ3n) is 22.8. The minimum Gasteiger partial charge on any atom is -0.334 e. The number of fused-ring (bicyclic) bond motifs is 8. The number of hydrogen-bond acceptors (Lipinski definition) is 3. The van der Waals surface area contributed by atoms with Gasteiger partial charge in [-0.25, -0.2) is 0 Å². The van der Waals surface area contributed by atoms with Crippen LogP contribution in [0.5, 0.6) is 0 Å². The van der Waals surface area contributed by atoms with E-state index in [1.54, 1.807) is 0 Å². The number of rotatable bonds is 4. The first-order chi connectivity index (χ1) is 38.3. The van der Waals surface area contributed by atoms with E-state index >= 15 is 0 Å². The molecule has 432 valence electrons. The molecule has 3 aliphatic heterocycles. The van der Waals surface area contributed by atoms with Gasteiger partial charge in [0.2, 0.25) is 0 Å². The Balaban J connectivity index is 1.23. The van der Waals surface area contributed by atoms with Gasteiger partial charge < -0.3 is 14.7 Å². The summed E-state index contributed by atoms with van der Waals surface area (Å²) < 4.78 is 0. The van der Waals surface area contributed by atoms with Crippen molar-refractivity contribution < 1.29 is 0 Å². The minimum atomic E-state index is -0.266. The summed E-state index contributed by atoms with van der Waals surface area (Å²) in [6, 6.07) is 52.0. The number of benzene rings is 7. The minimum absolute atomic E-state index is 0.00124. The molecule has 2 atom stereocenters. The van der Waals surface area contributed by atoms with Gasteiger partial charge in [-0.1, -0.05) is 218 Å². The second kappa shape index (κ2) is 18.0. The Morgan fingerprint density at radius 2 is 0.880 bits per heavy atom. The molecule has 0 aromatic heterocycles. The summed E-state index contributed by atoms with van der Waals surface area (Å²) in [5.41, 5.74) is 27.5. The molecule has 0 N–H and O–H groups in total. The van der Waals surface area contributed by atoms with E-state index in [0.717, 1.165) is 19.3 Å². The molecular weight excluding hydrogens is 1000 g/mol. The van der Waals surface area contributed by atoms with Crippen molar-refractivity contribution in [2.75, 3.05) is 14.7 Å². The van der Waals surface area contributed by atoms with Gasteiger partial charge in [0.05, 0.1) is 11.2 Å². The zero-order valence-electron chi connectivity index (χ0n) is 55.4. The van der Waals surface area contributed by atoms with E-state index in [9.17, 15) is 0 Å². The molecular formula is C79H98BN3. The van der Waals surface area contributed by atoms with Crippen LogP contribution in [0.25, 0.3) is 11.1 Å². The molecule has 0 spiro atoms. The molecule has 3 nitrogen and oxygen atoms in total. The fourth-order valence-electron chi connectivity index (χ4n) is 16.4. The van der Waals surface area contributed by atoms with Gasteiger partial charge in [0.15, 0.2) is 0 Å². The Morgan fingerprint density at radius 1 is 0.386 bits per heavy atom. The van der Waals surface area contributed by atoms with E-state index in [-0.39, 0.29) is 61.0 Å². The fourth-order valence-corrected chi connectivity index (χ4v) is 16.4. The zero-order valence-corrected chi connectivity index (χ0v) is 55.4. The number of aryl methyl sites for hydroxylation is 1. The number of hydrogen-bond donors (Lipinski definition) is 0. The van der Waals surface area contributed by atoms with Crippen molar-refractivity contribution in [3.05, 3.63) is 172 Å². The van der Waals surface area contributed by atoms with Crippen LogP contribution in [0.1, 0.15) is 223 Å². The summed E-state index contributed by atoms with van der Waals surface area (Å²) in [5, 5.41) is 0. The topological polar surface area (TPSA) is 9.72 Å². The Bertz CT molecular complexity index is 3800. The lowest BCUT2D eigenvalue weighted by molar-refractivity contribution is -0.0415. The molecule has 1 fully saturated rings. The van der Waals surface area contributed by atoms with Crippen LogP contribution in [-0.2, 0) is 37.9 Å². The van der Waals surface area contributed by atoms with E-state index in [2.05, 4.69) is 301 Å². The average molecular weight is 1100 g/mol. The van der Waals surface area contributed by atoms with Crippen molar-refractivity contribution in [3.63, 3.8) is 0 Å². The second-order valence-corrected chi connectivity index (χ2v) is 33.6. The Hall–Kier alpha value is -6.00. The Labute approximate surface area is 502 Å². The van der Waals surface area contributed by atoms with Gasteiger partial charge in [0.1, 0.15) is 0 Å². The Kier molecular flexibility index (Phi) is 12.5. The number of nitrogens with zero attached hydrogens (tertiary/aromatic N) is 3. The fraction of sp³-hybridized carbons (Fsp3) is 0.468. The highest BCUT2D eigenvalue weighted by Gasteiger charge is 2.70. The predicted molar refractivity (Wildman–Crippen MR) is 362 cm³/mol. The molecule has 3 heterocycles. The van der Waals surface area contributed by atoms with Gasteiger partial charge >= 0.3 is 0 Å². The second-order valence-electron chi connectivity index (χ2n) is 33.6. The van der Waals surface area contributed by atoms with Gasteiger partial charge in [0, 0.05) is 50.8 Å². The van der Waals surface area contributed by atoms with Crippen LogP contribution in [0.2, 0.25) is 0 Å². The largest absolute Gasteiger partial charge is 0.334 e. The van der Waals surface area contributed by atoms with Crippen molar-refractivity contribution >= 4 is 68.6 Å². The molecule has 0 radical (unpaired) electrons. The number of anilines is 8. The highest BCUT2D eigenvalue weighted by atomic mass is 15.3. The monoisotopic (exact) mass is 1100 g/mol. The lowest BCUT2D eigenvalue weighted by atomic mass is 9.33. The molecule has 83 heavy (non-hydrogen) atoms. The summed E-state index contributed by atoms with van der Waals surface area (Å²) in [6.45, 7) is 56.4. The highest BCUT2D eigenvalue weighted by molar-refractivity contribution is 7.00. The van der Waals surface area contributed by atoms with Crippen LogP contribution >= 0.6 is 0 Å². The molecule has 0 bridgehead atoms. The van der Waals surface area contributed by atoms with E-state index < -0.39 is 0 Å². The lowest BCUT2D eigenvalue weighted by Gasteiger charge is -2.65. The maximum absolute atomic E-state index is 2.86. The molecule has 1 saturated carbocycles.